The number of benzene rings is 1. The molecular formula is C15H20N2O3. The topological polar surface area (TPSA) is 83.6 Å². The van der Waals surface area contributed by atoms with Gasteiger partial charge in [-0.15, -0.1) is 0 Å². The highest BCUT2D eigenvalue weighted by atomic mass is 16.4. The maximum Gasteiger partial charge on any atom is 0.335 e. The van der Waals surface area contributed by atoms with E-state index in [0.29, 0.717) is 19.5 Å². The van der Waals surface area contributed by atoms with Crippen LogP contribution in [-0.4, -0.2) is 27.9 Å². The molecule has 20 heavy (non-hydrogen) atoms. The molecule has 0 aliphatic carbocycles. The molecule has 1 aliphatic rings. The standard InChI is InChI=1S/C15H20N2O3/c1-2-3-13(16)7-14(18)17-8-11-5-4-10(15(19)20)6-12(11)9-17/h4-6,13H,2-3,7-9,16H2,1H3,(H,19,20). The van der Waals surface area contributed by atoms with Crippen LogP contribution in [0.4, 0.5) is 0 Å². The molecule has 1 atom stereocenters. The second-order valence-electron chi connectivity index (χ2n) is 5.29. The van der Waals surface area contributed by atoms with Gasteiger partial charge in [-0.25, -0.2) is 4.79 Å². The monoisotopic (exact) mass is 276 g/mol. The Kier molecular flexibility index (Phi) is 4.39. The summed E-state index contributed by atoms with van der Waals surface area (Å²) >= 11 is 0. The minimum absolute atomic E-state index is 0.0408. The normalized spacial score (nSPS) is 15.0. The van der Waals surface area contributed by atoms with Crippen molar-refractivity contribution in [2.24, 2.45) is 5.73 Å². The van der Waals surface area contributed by atoms with E-state index < -0.39 is 5.97 Å². The summed E-state index contributed by atoms with van der Waals surface area (Å²) in [5.74, 6) is -0.901. The van der Waals surface area contributed by atoms with Crippen LogP contribution in [0.5, 0.6) is 0 Å². The second-order valence-corrected chi connectivity index (χ2v) is 5.29. The average molecular weight is 276 g/mol. The first kappa shape index (κ1) is 14.5. The van der Waals surface area contributed by atoms with Gasteiger partial charge < -0.3 is 15.7 Å². The number of amides is 1. The number of fused-ring (bicyclic) bond motifs is 1. The number of nitrogens with two attached hydrogens (primary N) is 1. The number of carboxylic acids is 1. The lowest BCUT2D eigenvalue weighted by Gasteiger charge is -2.18. The van der Waals surface area contributed by atoms with Crippen molar-refractivity contribution in [2.75, 3.05) is 0 Å². The van der Waals surface area contributed by atoms with Crippen molar-refractivity contribution >= 4 is 11.9 Å². The average Bonchev–Trinajstić information content (AvgIpc) is 2.81. The van der Waals surface area contributed by atoms with Crippen molar-refractivity contribution in [2.45, 2.75) is 45.3 Å². The summed E-state index contributed by atoms with van der Waals surface area (Å²) in [5, 5.41) is 8.97. The molecule has 5 heteroatoms. The van der Waals surface area contributed by atoms with Crippen LogP contribution in [-0.2, 0) is 17.9 Å². The fourth-order valence-corrected chi connectivity index (χ4v) is 2.53. The summed E-state index contributed by atoms with van der Waals surface area (Å²) in [6, 6.07) is 4.93. The Morgan fingerprint density at radius 2 is 2.05 bits per heavy atom. The third kappa shape index (κ3) is 3.17. The Bertz CT molecular complexity index is 528. The molecule has 0 saturated carbocycles. The molecule has 5 nitrogen and oxygen atoms in total. The van der Waals surface area contributed by atoms with Crippen LogP contribution in [0.2, 0.25) is 0 Å². The van der Waals surface area contributed by atoms with Gasteiger partial charge >= 0.3 is 5.97 Å². The van der Waals surface area contributed by atoms with Crippen molar-refractivity contribution in [1.82, 2.24) is 4.90 Å². The highest BCUT2D eigenvalue weighted by Crippen LogP contribution is 2.24. The van der Waals surface area contributed by atoms with E-state index in [2.05, 4.69) is 0 Å². The van der Waals surface area contributed by atoms with Gasteiger partial charge in [-0.2, -0.15) is 0 Å². The lowest BCUT2D eigenvalue weighted by molar-refractivity contribution is -0.132. The Morgan fingerprint density at radius 1 is 1.35 bits per heavy atom. The lowest BCUT2D eigenvalue weighted by atomic mass is 10.1. The van der Waals surface area contributed by atoms with Gasteiger partial charge in [0.2, 0.25) is 5.91 Å². The molecule has 2 rings (SSSR count). The first-order chi connectivity index (χ1) is 9.51. The number of hydrogen-bond donors (Lipinski definition) is 2. The fraction of sp³-hybridized carbons (Fsp3) is 0.467. The van der Waals surface area contributed by atoms with Crippen molar-refractivity contribution in [1.29, 1.82) is 0 Å². The summed E-state index contributed by atoms with van der Waals surface area (Å²) in [4.78, 5) is 24.8. The summed E-state index contributed by atoms with van der Waals surface area (Å²) in [5.41, 5.74) is 8.10. The summed E-state index contributed by atoms with van der Waals surface area (Å²) < 4.78 is 0. The minimum atomic E-state index is -0.942. The fourth-order valence-electron chi connectivity index (χ4n) is 2.53. The van der Waals surface area contributed by atoms with Crippen LogP contribution >= 0.6 is 0 Å². The van der Waals surface area contributed by atoms with Gasteiger partial charge in [0.15, 0.2) is 0 Å². The predicted molar refractivity (Wildman–Crippen MR) is 75.2 cm³/mol. The lowest BCUT2D eigenvalue weighted by Crippen LogP contribution is -2.32. The molecule has 3 N–H and O–H groups in total. The molecule has 0 fully saturated rings. The highest BCUT2D eigenvalue weighted by Gasteiger charge is 2.25. The molecule has 108 valence electrons. The first-order valence-corrected chi connectivity index (χ1v) is 6.89. The largest absolute Gasteiger partial charge is 0.478 e. The van der Waals surface area contributed by atoms with E-state index in [9.17, 15) is 9.59 Å². The SMILES string of the molecule is CCCC(N)CC(=O)N1Cc2ccc(C(=O)O)cc2C1. The quantitative estimate of drug-likeness (QED) is 0.858. The Hall–Kier alpha value is -1.88. The number of nitrogens with zero attached hydrogens (tertiary/aromatic N) is 1. The Labute approximate surface area is 118 Å². The number of aromatic carboxylic acids is 1. The van der Waals surface area contributed by atoms with Crippen molar-refractivity contribution in [3.8, 4) is 0 Å². The molecule has 0 radical (unpaired) electrons. The van der Waals surface area contributed by atoms with Crippen LogP contribution in [0.3, 0.4) is 0 Å². The summed E-state index contributed by atoms with van der Waals surface area (Å²) in [6.45, 7) is 3.07. The zero-order valence-electron chi connectivity index (χ0n) is 11.6. The van der Waals surface area contributed by atoms with Crippen LogP contribution in [0.1, 0.15) is 47.7 Å². The third-order valence-corrected chi connectivity index (χ3v) is 3.62. The first-order valence-electron chi connectivity index (χ1n) is 6.89. The molecular weight excluding hydrogens is 256 g/mol. The summed E-state index contributed by atoms with van der Waals surface area (Å²) in [6.07, 6.45) is 2.17. The molecule has 0 bridgehead atoms. The summed E-state index contributed by atoms with van der Waals surface area (Å²) in [7, 11) is 0. The van der Waals surface area contributed by atoms with Gasteiger partial charge in [-0.1, -0.05) is 19.4 Å². The van der Waals surface area contributed by atoms with E-state index in [1.54, 1.807) is 23.1 Å². The number of hydrogen-bond acceptors (Lipinski definition) is 3. The zero-order chi connectivity index (χ0) is 14.7. The molecule has 1 amide bonds. The van der Waals surface area contributed by atoms with Crippen LogP contribution < -0.4 is 5.73 Å². The number of carbonyl (C=O) groups excluding carboxylic acids is 1. The van der Waals surface area contributed by atoms with E-state index in [1.807, 2.05) is 6.92 Å². The van der Waals surface area contributed by atoms with E-state index in [-0.39, 0.29) is 17.5 Å². The smallest absolute Gasteiger partial charge is 0.335 e. The number of carbonyl (C=O) groups is 2. The maximum atomic E-state index is 12.1. The van der Waals surface area contributed by atoms with Crippen LogP contribution in [0.15, 0.2) is 18.2 Å². The molecule has 1 heterocycles. The van der Waals surface area contributed by atoms with Crippen LogP contribution in [0, 0.1) is 0 Å². The molecule has 0 aromatic heterocycles. The minimum Gasteiger partial charge on any atom is -0.478 e. The third-order valence-electron chi connectivity index (χ3n) is 3.62. The molecule has 1 unspecified atom stereocenters. The highest BCUT2D eigenvalue weighted by molar-refractivity contribution is 5.88. The van der Waals surface area contributed by atoms with Crippen molar-refractivity contribution in [3.05, 3.63) is 34.9 Å². The van der Waals surface area contributed by atoms with Gasteiger partial charge in [0.25, 0.3) is 0 Å². The molecule has 1 aromatic carbocycles. The maximum absolute atomic E-state index is 12.1. The second kappa shape index (κ2) is 6.05. The van der Waals surface area contributed by atoms with Gasteiger partial charge in [-0.05, 0) is 29.7 Å². The molecule has 1 aliphatic heterocycles. The van der Waals surface area contributed by atoms with Gasteiger partial charge in [-0.3, -0.25) is 4.79 Å². The van der Waals surface area contributed by atoms with Crippen LogP contribution in [0.25, 0.3) is 0 Å². The van der Waals surface area contributed by atoms with Gasteiger partial charge in [0.1, 0.15) is 0 Å². The van der Waals surface area contributed by atoms with E-state index in [1.165, 1.54) is 0 Å². The Morgan fingerprint density at radius 3 is 2.70 bits per heavy atom. The van der Waals surface area contributed by atoms with Crippen molar-refractivity contribution in [3.63, 3.8) is 0 Å². The molecule has 1 aromatic rings. The van der Waals surface area contributed by atoms with E-state index in [0.717, 1.165) is 24.0 Å². The van der Waals surface area contributed by atoms with Gasteiger partial charge in [0.05, 0.1) is 5.56 Å². The molecule has 0 saturated heterocycles. The molecule has 0 spiro atoms. The van der Waals surface area contributed by atoms with E-state index >= 15 is 0 Å². The zero-order valence-corrected chi connectivity index (χ0v) is 11.6. The number of carboxylic acid groups (broad SMARTS) is 1. The van der Waals surface area contributed by atoms with E-state index in [4.69, 9.17) is 10.8 Å². The van der Waals surface area contributed by atoms with Gasteiger partial charge in [0, 0.05) is 25.6 Å². The predicted octanol–water partition coefficient (Wildman–Crippen LogP) is 1.74. The van der Waals surface area contributed by atoms with Crippen molar-refractivity contribution < 1.29 is 14.7 Å². The Balaban J connectivity index is 2.02. The number of rotatable bonds is 5.